The van der Waals surface area contributed by atoms with E-state index in [4.69, 9.17) is 29.4 Å². The van der Waals surface area contributed by atoms with Crippen LogP contribution in [0.15, 0.2) is 60.0 Å². The van der Waals surface area contributed by atoms with Gasteiger partial charge in [-0.25, -0.2) is 4.79 Å². The summed E-state index contributed by atoms with van der Waals surface area (Å²) < 4.78 is 39.8. The molecule has 184 valence electrons. The number of hydrogen-bond donors (Lipinski definition) is 1. The van der Waals surface area contributed by atoms with Crippen molar-refractivity contribution in [1.29, 1.82) is 0 Å². The van der Waals surface area contributed by atoms with Gasteiger partial charge in [-0.05, 0) is 48.0 Å². The number of carbonyl (C=O) groups is 1. The first-order valence-electron chi connectivity index (χ1n) is 10.5. The second kappa shape index (κ2) is 11.9. The fraction of sp³-hybridized carbons (Fsp3) is 0.192. The summed E-state index contributed by atoms with van der Waals surface area (Å²) in [4.78, 5) is 12.5. The van der Waals surface area contributed by atoms with Crippen molar-refractivity contribution in [3.63, 3.8) is 0 Å². The minimum Gasteiger partial charge on any atom is -0.496 e. The monoisotopic (exact) mass is 497 g/mol. The quantitative estimate of drug-likeness (QED) is 0.249. The standard InChI is InChI=1S/C26H27NO7S/c1-30-20-14-23(32-3)21(24(15-20)33-4)11-12-35(29)16-17-5-10-22(31-2)25(13-17)34-26(28)18-6-8-19(27)9-7-18/h5-15H,16,27H2,1-4H3. The highest BCUT2D eigenvalue weighted by Crippen LogP contribution is 2.35. The molecule has 35 heavy (non-hydrogen) atoms. The van der Waals surface area contributed by atoms with Crippen LogP contribution in [0.4, 0.5) is 5.69 Å². The molecule has 3 aromatic carbocycles. The Balaban J connectivity index is 1.78. The Morgan fingerprint density at radius 1 is 0.829 bits per heavy atom. The van der Waals surface area contributed by atoms with Crippen LogP contribution >= 0.6 is 0 Å². The summed E-state index contributed by atoms with van der Waals surface area (Å²) in [5.41, 5.74) is 7.90. The van der Waals surface area contributed by atoms with E-state index in [1.165, 1.54) is 21.3 Å². The van der Waals surface area contributed by atoms with Crippen LogP contribution in [0, 0.1) is 0 Å². The van der Waals surface area contributed by atoms with Crippen molar-refractivity contribution < 1.29 is 32.7 Å². The van der Waals surface area contributed by atoms with E-state index in [2.05, 4.69) is 0 Å². The number of methoxy groups -OCH3 is 4. The third kappa shape index (κ3) is 6.54. The van der Waals surface area contributed by atoms with Gasteiger partial charge >= 0.3 is 5.97 Å². The maximum Gasteiger partial charge on any atom is 0.343 e. The van der Waals surface area contributed by atoms with E-state index in [1.54, 1.807) is 73.2 Å². The Hall–Kier alpha value is -3.98. The number of nitrogens with two attached hydrogens (primary N) is 1. The first kappa shape index (κ1) is 25.6. The van der Waals surface area contributed by atoms with E-state index < -0.39 is 16.8 Å². The predicted octanol–water partition coefficient (Wildman–Crippen LogP) is 4.44. The van der Waals surface area contributed by atoms with Crippen LogP contribution in [0.5, 0.6) is 28.7 Å². The number of ether oxygens (including phenoxy) is 5. The highest BCUT2D eigenvalue weighted by molar-refractivity contribution is 7.87. The van der Waals surface area contributed by atoms with E-state index in [1.807, 2.05) is 0 Å². The molecular weight excluding hydrogens is 470 g/mol. The lowest BCUT2D eigenvalue weighted by atomic mass is 10.1. The van der Waals surface area contributed by atoms with E-state index >= 15 is 0 Å². The van der Waals surface area contributed by atoms with E-state index in [0.717, 1.165) is 0 Å². The number of rotatable bonds is 10. The summed E-state index contributed by atoms with van der Waals surface area (Å²) in [6.45, 7) is 0. The fourth-order valence-corrected chi connectivity index (χ4v) is 4.11. The van der Waals surface area contributed by atoms with Crippen LogP contribution in [0.1, 0.15) is 21.5 Å². The summed E-state index contributed by atoms with van der Waals surface area (Å²) in [6.07, 6.45) is 1.68. The van der Waals surface area contributed by atoms with E-state index in [0.29, 0.717) is 45.4 Å². The number of benzene rings is 3. The molecule has 0 fully saturated rings. The zero-order chi connectivity index (χ0) is 25.4. The molecule has 0 aliphatic rings. The highest BCUT2D eigenvalue weighted by atomic mass is 32.2. The van der Waals surface area contributed by atoms with Gasteiger partial charge in [0.2, 0.25) is 0 Å². The SMILES string of the molecule is COc1cc(OC)c(C=CS(=O)Cc2ccc(OC)c(OC(=O)c3ccc(N)cc3)c2)c(OC)c1. The third-order valence-corrected chi connectivity index (χ3v) is 6.08. The summed E-state index contributed by atoms with van der Waals surface area (Å²) in [6, 6.07) is 14.9. The van der Waals surface area contributed by atoms with Crippen molar-refractivity contribution in [2.45, 2.75) is 5.75 Å². The predicted molar refractivity (Wildman–Crippen MR) is 136 cm³/mol. The van der Waals surface area contributed by atoms with Crippen molar-refractivity contribution in [3.8, 4) is 28.7 Å². The van der Waals surface area contributed by atoms with Crippen molar-refractivity contribution in [2.75, 3.05) is 34.2 Å². The Bertz CT molecular complexity index is 1210. The van der Waals surface area contributed by atoms with Crippen LogP contribution in [-0.4, -0.2) is 38.6 Å². The Labute approximate surface area is 206 Å². The average molecular weight is 498 g/mol. The average Bonchev–Trinajstić information content (AvgIpc) is 2.87. The normalized spacial score (nSPS) is 11.7. The van der Waals surface area contributed by atoms with Crippen LogP contribution in [0.2, 0.25) is 0 Å². The first-order chi connectivity index (χ1) is 16.9. The third-order valence-electron chi connectivity index (χ3n) is 5.03. The number of anilines is 1. The molecule has 0 amide bonds. The van der Waals surface area contributed by atoms with Crippen molar-refractivity contribution in [1.82, 2.24) is 0 Å². The van der Waals surface area contributed by atoms with Gasteiger partial charge in [-0.1, -0.05) is 6.07 Å². The molecule has 0 aliphatic heterocycles. The Kier molecular flexibility index (Phi) is 8.74. The topological polar surface area (TPSA) is 106 Å². The lowest BCUT2D eigenvalue weighted by Crippen LogP contribution is -2.09. The maximum absolute atomic E-state index is 12.8. The number of nitrogen functional groups attached to an aromatic ring is 1. The number of hydrogen-bond acceptors (Lipinski definition) is 8. The second-order valence-corrected chi connectivity index (χ2v) is 8.59. The van der Waals surface area contributed by atoms with Gasteiger partial charge in [0.15, 0.2) is 11.5 Å². The fourth-order valence-electron chi connectivity index (χ4n) is 3.22. The first-order valence-corrected chi connectivity index (χ1v) is 11.9. The van der Waals surface area contributed by atoms with Crippen LogP contribution in [-0.2, 0) is 16.6 Å². The molecule has 0 bridgehead atoms. The second-order valence-electron chi connectivity index (χ2n) is 7.27. The summed E-state index contributed by atoms with van der Waals surface area (Å²) in [5.74, 6) is 1.87. The Morgan fingerprint density at radius 2 is 1.46 bits per heavy atom. The van der Waals surface area contributed by atoms with Gasteiger partial charge in [-0.3, -0.25) is 4.21 Å². The molecule has 0 saturated carbocycles. The molecule has 3 rings (SSSR count). The molecule has 1 unspecified atom stereocenters. The molecule has 0 aromatic heterocycles. The summed E-state index contributed by atoms with van der Waals surface area (Å²) in [7, 11) is 4.71. The molecular formula is C26H27NO7S. The Morgan fingerprint density at radius 3 is 2.03 bits per heavy atom. The molecule has 9 heteroatoms. The van der Waals surface area contributed by atoms with Crippen molar-refractivity contribution in [2.24, 2.45) is 0 Å². The zero-order valence-corrected chi connectivity index (χ0v) is 20.7. The minimum absolute atomic E-state index is 0.188. The van der Waals surface area contributed by atoms with Gasteiger partial charge in [0.1, 0.15) is 17.2 Å². The van der Waals surface area contributed by atoms with Gasteiger partial charge in [0, 0.05) is 23.2 Å². The minimum atomic E-state index is -1.39. The largest absolute Gasteiger partial charge is 0.496 e. The highest BCUT2D eigenvalue weighted by Gasteiger charge is 2.15. The summed E-state index contributed by atoms with van der Waals surface area (Å²) in [5, 5.41) is 1.55. The van der Waals surface area contributed by atoms with E-state index in [-0.39, 0.29) is 11.5 Å². The van der Waals surface area contributed by atoms with Crippen LogP contribution in [0.3, 0.4) is 0 Å². The van der Waals surface area contributed by atoms with Gasteiger partial charge in [0.05, 0.1) is 56.1 Å². The molecule has 1 atom stereocenters. The molecule has 0 aliphatic carbocycles. The van der Waals surface area contributed by atoms with Crippen molar-refractivity contribution >= 4 is 28.5 Å². The number of esters is 1. The van der Waals surface area contributed by atoms with Crippen molar-refractivity contribution in [3.05, 3.63) is 76.7 Å². The van der Waals surface area contributed by atoms with Gasteiger partial charge < -0.3 is 29.4 Å². The van der Waals surface area contributed by atoms with E-state index in [9.17, 15) is 9.00 Å². The molecule has 2 N–H and O–H groups in total. The smallest absolute Gasteiger partial charge is 0.343 e. The summed E-state index contributed by atoms with van der Waals surface area (Å²) >= 11 is 0. The molecule has 0 radical (unpaired) electrons. The molecule has 3 aromatic rings. The van der Waals surface area contributed by atoms with Crippen LogP contribution < -0.4 is 29.4 Å². The van der Waals surface area contributed by atoms with Gasteiger partial charge in [0.25, 0.3) is 0 Å². The maximum atomic E-state index is 12.8. The van der Waals surface area contributed by atoms with Crippen LogP contribution in [0.25, 0.3) is 6.08 Å². The van der Waals surface area contributed by atoms with Gasteiger partial charge in [-0.2, -0.15) is 0 Å². The molecule has 0 spiro atoms. The zero-order valence-electron chi connectivity index (χ0n) is 19.9. The molecule has 0 saturated heterocycles. The van der Waals surface area contributed by atoms with Gasteiger partial charge in [-0.15, -0.1) is 0 Å². The lowest BCUT2D eigenvalue weighted by molar-refractivity contribution is 0.0729. The number of carbonyl (C=O) groups excluding carboxylic acids is 1. The molecule has 0 heterocycles. The lowest BCUT2D eigenvalue weighted by Gasteiger charge is -2.12. The molecule has 8 nitrogen and oxygen atoms in total.